The van der Waals surface area contributed by atoms with Gasteiger partial charge in [0.25, 0.3) is 0 Å². The summed E-state index contributed by atoms with van der Waals surface area (Å²) in [5.41, 5.74) is 1.18. The Bertz CT molecular complexity index is 1160. The lowest BCUT2D eigenvalue weighted by Crippen LogP contribution is -2.33. The second-order valence-electron chi connectivity index (χ2n) is 9.12. The van der Waals surface area contributed by atoms with Gasteiger partial charge in [-0.1, -0.05) is 24.3 Å². The molecule has 16 heteroatoms. The molecule has 1 heterocycles. The van der Waals surface area contributed by atoms with Gasteiger partial charge < -0.3 is 28.8 Å². The van der Waals surface area contributed by atoms with Crippen molar-refractivity contribution in [2.24, 2.45) is 0 Å². The Labute approximate surface area is 246 Å². The molecule has 3 unspecified atom stereocenters. The van der Waals surface area contributed by atoms with Gasteiger partial charge in [-0.25, -0.2) is 27.2 Å². The standard InChI is InChI=1S/C14H14F4O4.C14H16F4O4/c1-2-20-12(19)11-10(22-11)8-3-5-9(6-4-8)21-7-14(17,18)13(15)16;1-2-21-12(20)11(19)7-9-3-5-10(6-4-9)22-8-14(17,18)13(15)16/h3-6,10-11,13H,2,7H2,1H3;3-6,11,13,19H,2,7-8H2,1H3. The van der Waals surface area contributed by atoms with E-state index in [-0.39, 0.29) is 31.1 Å². The summed E-state index contributed by atoms with van der Waals surface area (Å²) in [5.74, 6) is -9.65. The predicted molar refractivity (Wildman–Crippen MR) is 136 cm³/mol. The number of aliphatic hydroxyl groups is 1. The van der Waals surface area contributed by atoms with Crippen LogP contribution in [0.15, 0.2) is 48.5 Å². The number of hydrogen-bond donors (Lipinski definition) is 1. The van der Waals surface area contributed by atoms with Gasteiger partial charge in [0.15, 0.2) is 25.4 Å². The molecule has 44 heavy (non-hydrogen) atoms. The number of carbonyl (C=O) groups excluding carboxylic acids is 2. The zero-order valence-electron chi connectivity index (χ0n) is 23.4. The summed E-state index contributed by atoms with van der Waals surface area (Å²) in [6.45, 7) is 0.824. The molecule has 0 radical (unpaired) electrons. The smallest absolute Gasteiger partial charge is 0.340 e. The molecule has 2 aromatic carbocycles. The van der Waals surface area contributed by atoms with Crippen LogP contribution in [-0.4, -0.2) is 80.4 Å². The average Bonchev–Trinajstić information content (AvgIpc) is 3.78. The molecule has 0 bridgehead atoms. The fraction of sp³-hybridized carbons (Fsp3) is 0.500. The van der Waals surface area contributed by atoms with Gasteiger partial charge in [0.2, 0.25) is 0 Å². The summed E-state index contributed by atoms with van der Waals surface area (Å²) in [4.78, 5) is 22.6. The number of aliphatic hydroxyl groups excluding tert-OH is 1. The minimum absolute atomic E-state index is 0.0188. The van der Waals surface area contributed by atoms with E-state index in [2.05, 4.69) is 14.2 Å². The summed E-state index contributed by atoms with van der Waals surface area (Å²) >= 11 is 0. The minimum Gasteiger partial charge on any atom is -0.487 e. The van der Waals surface area contributed by atoms with Gasteiger partial charge in [-0.2, -0.15) is 17.6 Å². The summed E-state index contributed by atoms with van der Waals surface area (Å²) in [7, 11) is 0. The van der Waals surface area contributed by atoms with E-state index >= 15 is 0 Å². The van der Waals surface area contributed by atoms with Crippen LogP contribution in [0.4, 0.5) is 35.1 Å². The molecular weight excluding hydrogens is 616 g/mol. The van der Waals surface area contributed by atoms with Crippen molar-refractivity contribution < 1.29 is 73.5 Å². The maximum atomic E-state index is 12.7. The molecule has 0 saturated carbocycles. The first-order valence-electron chi connectivity index (χ1n) is 13.0. The van der Waals surface area contributed by atoms with Crippen molar-refractivity contribution in [2.45, 2.75) is 63.3 Å². The van der Waals surface area contributed by atoms with Crippen LogP contribution >= 0.6 is 0 Å². The highest BCUT2D eigenvalue weighted by molar-refractivity contribution is 5.78. The zero-order valence-corrected chi connectivity index (χ0v) is 23.4. The van der Waals surface area contributed by atoms with Crippen LogP contribution in [-0.2, 0) is 30.2 Å². The molecule has 1 aliphatic rings. The first-order valence-corrected chi connectivity index (χ1v) is 13.0. The summed E-state index contributed by atoms with van der Waals surface area (Å²) in [5, 5.41) is 9.55. The van der Waals surface area contributed by atoms with Crippen LogP contribution in [0.5, 0.6) is 11.5 Å². The van der Waals surface area contributed by atoms with Crippen LogP contribution in [0.3, 0.4) is 0 Å². The highest BCUT2D eigenvalue weighted by Gasteiger charge is 2.47. The van der Waals surface area contributed by atoms with Crippen molar-refractivity contribution >= 4 is 11.9 Å². The molecule has 246 valence electrons. The molecular formula is C28H30F8O8. The monoisotopic (exact) mass is 646 g/mol. The number of epoxide rings is 1. The van der Waals surface area contributed by atoms with E-state index in [0.717, 1.165) is 0 Å². The topological polar surface area (TPSA) is 104 Å². The second kappa shape index (κ2) is 16.4. The van der Waals surface area contributed by atoms with Crippen LogP contribution in [0.1, 0.15) is 31.1 Å². The second-order valence-corrected chi connectivity index (χ2v) is 9.12. The highest BCUT2D eigenvalue weighted by atomic mass is 19.3. The van der Waals surface area contributed by atoms with Gasteiger partial charge in [-0.05, 0) is 49.2 Å². The Morgan fingerprint density at radius 3 is 1.68 bits per heavy atom. The van der Waals surface area contributed by atoms with Gasteiger partial charge in [0.05, 0.1) is 13.2 Å². The van der Waals surface area contributed by atoms with Gasteiger partial charge in [-0.15, -0.1) is 0 Å². The lowest BCUT2D eigenvalue weighted by atomic mass is 10.1. The normalized spacial score (nSPS) is 16.9. The molecule has 0 spiro atoms. The van der Waals surface area contributed by atoms with Crippen molar-refractivity contribution in [2.75, 3.05) is 26.4 Å². The molecule has 1 saturated heterocycles. The summed E-state index contributed by atoms with van der Waals surface area (Å²) in [6, 6.07) is 11.2. The lowest BCUT2D eigenvalue weighted by Gasteiger charge is -2.16. The maximum absolute atomic E-state index is 12.7. The Morgan fingerprint density at radius 2 is 1.25 bits per heavy atom. The average molecular weight is 647 g/mol. The molecule has 3 rings (SSSR count). The van der Waals surface area contributed by atoms with Crippen molar-refractivity contribution in [3.63, 3.8) is 0 Å². The van der Waals surface area contributed by atoms with Gasteiger partial charge in [0, 0.05) is 6.42 Å². The van der Waals surface area contributed by atoms with Crippen molar-refractivity contribution in [1.29, 1.82) is 0 Å². The van der Waals surface area contributed by atoms with Crippen LogP contribution in [0.2, 0.25) is 0 Å². The van der Waals surface area contributed by atoms with Crippen LogP contribution in [0.25, 0.3) is 0 Å². The first kappa shape index (κ1) is 36.5. The number of hydrogen-bond acceptors (Lipinski definition) is 8. The van der Waals surface area contributed by atoms with E-state index in [1.54, 1.807) is 13.8 Å². The summed E-state index contributed by atoms with van der Waals surface area (Å²) < 4.78 is 123. The van der Waals surface area contributed by atoms with Gasteiger partial charge in [-0.3, -0.25) is 0 Å². The Balaban J connectivity index is 0.000000307. The SMILES string of the molecule is CCOC(=O)C(O)Cc1ccc(OCC(F)(F)C(F)F)cc1.CCOC(=O)C1OC1c1ccc(OCC(F)(F)C(F)F)cc1. The third-order valence-electron chi connectivity index (χ3n) is 5.63. The van der Waals surface area contributed by atoms with Crippen molar-refractivity contribution in [3.05, 3.63) is 59.7 Å². The Morgan fingerprint density at radius 1 is 0.795 bits per heavy atom. The number of alkyl halides is 8. The summed E-state index contributed by atoms with van der Waals surface area (Å²) in [6.07, 6.45) is -10.1. The largest absolute Gasteiger partial charge is 0.487 e. The van der Waals surface area contributed by atoms with Crippen molar-refractivity contribution in [1.82, 2.24) is 0 Å². The first-order chi connectivity index (χ1) is 20.6. The molecule has 1 N–H and O–H groups in total. The maximum Gasteiger partial charge on any atom is 0.340 e. The highest BCUT2D eigenvalue weighted by Crippen LogP contribution is 2.40. The van der Waals surface area contributed by atoms with E-state index in [1.807, 2.05) is 0 Å². The van der Waals surface area contributed by atoms with Gasteiger partial charge in [0.1, 0.15) is 17.6 Å². The van der Waals surface area contributed by atoms with Gasteiger partial charge >= 0.3 is 36.6 Å². The third-order valence-corrected chi connectivity index (χ3v) is 5.63. The number of rotatable bonds is 15. The Kier molecular flexibility index (Phi) is 13.6. The molecule has 0 aliphatic carbocycles. The van der Waals surface area contributed by atoms with Crippen LogP contribution < -0.4 is 9.47 Å². The van der Waals surface area contributed by atoms with E-state index in [0.29, 0.717) is 11.1 Å². The minimum atomic E-state index is -4.22. The van der Waals surface area contributed by atoms with E-state index in [9.17, 15) is 49.8 Å². The Hall–Kier alpha value is -3.66. The molecule has 2 aromatic rings. The third kappa shape index (κ3) is 11.4. The van der Waals surface area contributed by atoms with Crippen molar-refractivity contribution in [3.8, 4) is 11.5 Å². The molecule has 0 aromatic heterocycles. The fourth-order valence-electron chi connectivity index (χ4n) is 3.28. The number of halogens is 8. The van der Waals surface area contributed by atoms with E-state index in [1.165, 1.54) is 48.5 Å². The molecule has 3 atom stereocenters. The number of esters is 2. The quantitative estimate of drug-likeness (QED) is 0.156. The molecule has 0 amide bonds. The molecule has 1 aliphatic heterocycles. The van der Waals surface area contributed by atoms with E-state index < -0.39 is 68.2 Å². The number of ether oxygens (including phenoxy) is 5. The molecule has 8 nitrogen and oxygen atoms in total. The number of benzene rings is 2. The zero-order chi connectivity index (χ0) is 33.1. The molecule has 1 fully saturated rings. The lowest BCUT2D eigenvalue weighted by molar-refractivity contribution is -0.152. The van der Waals surface area contributed by atoms with Crippen LogP contribution in [0, 0.1) is 0 Å². The fourth-order valence-corrected chi connectivity index (χ4v) is 3.28. The number of carbonyl (C=O) groups is 2. The predicted octanol–water partition coefficient (Wildman–Crippen LogP) is 5.40. The van der Waals surface area contributed by atoms with E-state index in [4.69, 9.17) is 9.47 Å².